The molecule has 0 saturated heterocycles. The number of nitrogens with one attached hydrogen (secondary N) is 1. The molecule has 1 amide bonds. The number of ether oxygens (including phenoxy) is 5. The molecule has 0 atom stereocenters. The van der Waals surface area contributed by atoms with Crippen molar-refractivity contribution < 1.29 is 46.4 Å². The van der Waals surface area contributed by atoms with Crippen LogP contribution in [0.1, 0.15) is 10.4 Å². The molecule has 2 aromatic carbocycles. The first kappa shape index (κ1) is 22.7. The van der Waals surface area contributed by atoms with E-state index < -0.39 is 18.1 Å². The Kier molecular flexibility index (Phi) is 6.98. The maximum Gasteiger partial charge on any atom is 0.471 e. The largest absolute Gasteiger partial charge is 0.495 e. The minimum Gasteiger partial charge on any atom is -0.495 e. The summed E-state index contributed by atoms with van der Waals surface area (Å²) in [6.45, 7) is 0. The second-order valence-corrected chi connectivity index (χ2v) is 5.62. The molecule has 0 fully saturated rings. The number of esters is 1. The van der Waals surface area contributed by atoms with E-state index in [1.165, 1.54) is 52.7 Å². The molecule has 0 aliphatic rings. The molecule has 30 heavy (non-hydrogen) atoms. The maximum atomic E-state index is 12.5. The number of carbonyl (C=O) groups excluding carboxylic acids is 2. The number of hydrogen-bond donors (Lipinski definition) is 1. The number of benzene rings is 2. The summed E-state index contributed by atoms with van der Waals surface area (Å²) in [5.41, 5.74) is -0.485. The molecular formula is C19H18F3NO7. The van der Waals surface area contributed by atoms with Crippen molar-refractivity contribution in [3.63, 3.8) is 0 Å². The van der Waals surface area contributed by atoms with Gasteiger partial charge in [-0.3, -0.25) is 4.79 Å². The van der Waals surface area contributed by atoms with E-state index in [9.17, 15) is 22.8 Å². The fourth-order valence-corrected chi connectivity index (χ4v) is 2.41. The number of amides is 1. The number of alkyl halides is 3. The second-order valence-electron chi connectivity index (χ2n) is 5.62. The fraction of sp³-hybridized carbons (Fsp3) is 0.263. The Hall–Kier alpha value is -3.63. The van der Waals surface area contributed by atoms with Crippen LogP contribution in [0, 0.1) is 0 Å². The number of carbonyl (C=O) groups is 2. The van der Waals surface area contributed by atoms with Crippen molar-refractivity contribution in [3.8, 4) is 28.7 Å². The van der Waals surface area contributed by atoms with Crippen LogP contribution in [-0.4, -0.2) is 46.5 Å². The first-order chi connectivity index (χ1) is 14.1. The third-order valence-corrected chi connectivity index (χ3v) is 3.79. The Morgan fingerprint density at radius 1 is 0.833 bits per heavy atom. The smallest absolute Gasteiger partial charge is 0.471 e. The summed E-state index contributed by atoms with van der Waals surface area (Å²) in [6, 6.07) is 6.23. The van der Waals surface area contributed by atoms with Gasteiger partial charge in [0.25, 0.3) is 0 Å². The van der Waals surface area contributed by atoms with Crippen molar-refractivity contribution in [3.05, 3.63) is 35.9 Å². The van der Waals surface area contributed by atoms with Gasteiger partial charge in [-0.2, -0.15) is 13.2 Å². The lowest BCUT2D eigenvalue weighted by Gasteiger charge is -2.15. The van der Waals surface area contributed by atoms with E-state index in [2.05, 4.69) is 0 Å². The van der Waals surface area contributed by atoms with Crippen LogP contribution in [0.15, 0.2) is 30.3 Å². The van der Waals surface area contributed by atoms with Gasteiger partial charge in [0.2, 0.25) is 5.75 Å². The van der Waals surface area contributed by atoms with E-state index in [1.54, 1.807) is 5.32 Å². The summed E-state index contributed by atoms with van der Waals surface area (Å²) in [5, 5.41) is 1.66. The van der Waals surface area contributed by atoms with E-state index in [0.29, 0.717) is 0 Å². The van der Waals surface area contributed by atoms with Crippen LogP contribution in [0.4, 0.5) is 18.9 Å². The minimum atomic E-state index is -5.11. The first-order valence-corrected chi connectivity index (χ1v) is 8.23. The van der Waals surface area contributed by atoms with E-state index in [-0.39, 0.29) is 40.0 Å². The average molecular weight is 429 g/mol. The fourth-order valence-electron chi connectivity index (χ4n) is 2.41. The van der Waals surface area contributed by atoms with Crippen molar-refractivity contribution in [1.82, 2.24) is 0 Å². The van der Waals surface area contributed by atoms with Gasteiger partial charge in [0.1, 0.15) is 11.5 Å². The molecule has 8 nitrogen and oxygen atoms in total. The molecule has 0 heterocycles. The van der Waals surface area contributed by atoms with Crippen molar-refractivity contribution in [2.75, 3.05) is 33.8 Å². The van der Waals surface area contributed by atoms with Gasteiger partial charge in [-0.15, -0.1) is 0 Å². The van der Waals surface area contributed by atoms with Crippen molar-refractivity contribution in [2.45, 2.75) is 6.18 Å². The molecule has 0 aliphatic carbocycles. The van der Waals surface area contributed by atoms with Crippen molar-refractivity contribution in [1.29, 1.82) is 0 Å². The Morgan fingerprint density at radius 3 is 1.87 bits per heavy atom. The summed E-state index contributed by atoms with van der Waals surface area (Å²) < 4.78 is 63.3. The molecule has 162 valence electrons. The molecule has 2 rings (SSSR count). The lowest BCUT2D eigenvalue weighted by molar-refractivity contribution is -0.167. The highest BCUT2D eigenvalue weighted by Crippen LogP contribution is 2.41. The Labute approximate surface area is 169 Å². The molecule has 11 heteroatoms. The Bertz CT molecular complexity index is 919. The summed E-state index contributed by atoms with van der Waals surface area (Å²) >= 11 is 0. The zero-order chi connectivity index (χ0) is 22.5. The van der Waals surface area contributed by atoms with Crippen molar-refractivity contribution >= 4 is 17.6 Å². The van der Waals surface area contributed by atoms with Crippen LogP contribution >= 0.6 is 0 Å². The first-order valence-electron chi connectivity index (χ1n) is 8.23. The number of halogens is 3. The summed E-state index contributed by atoms with van der Waals surface area (Å²) in [5.74, 6) is -2.42. The van der Waals surface area contributed by atoms with Gasteiger partial charge in [0.05, 0.1) is 39.7 Å². The molecule has 0 saturated carbocycles. The molecule has 0 radical (unpaired) electrons. The highest BCUT2D eigenvalue weighted by molar-refractivity contribution is 5.99. The molecule has 0 unspecified atom stereocenters. The van der Waals surface area contributed by atoms with Crippen LogP contribution in [0.25, 0.3) is 0 Å². The zero-order valence-electron chi connectivity index (χ0n) is 16.4. The topological polar surface area (TPSA) is 92.3 Å². The SMILES string of the molecule is COc1ccc(C(=O)Oc2cc(OC)c(OC)c(OC)c2)cc1NC(=O)C(F)(F)F. The van der Waals surface area contributed by atoms with Gasteiger partial charge < -0.3 is 29.0 Å². The van der Waals surface area contributed by atoms with E-state index >= 15 is 0 Å². The summed E-state index contributed by atoms with van der Waals surface area (Å²) in [6.07, 6.45) is -5.11. The standard InChI is InChI=1S/C19H18F3NO7/c1-26-13-6-5-10(7-12(13)23-18(25)19(20,21)22)17(24)30-11-8-14(27-2)16(29-4)15(9-11)28-3/h5-9H,1-4H3,(H,23,25). The van der Waals surface area contributed by atoms with Gasteiger partial charge in [0, 0.05) is 12.1 Å². The molecule has 0 spiro atoms. The molecule has 0 bridgehead atoms. The summed E-state index contributed by atoms with van der Waals surface area (Å²) in [7, 11) is 5.36. The predicted molar refractivity (Wildman–Crippen MR) is 98.7 cm³/mol. The van der Waals surface area contributed by atoms with Gasteiger partial charge in [0.15, 0.2) is 11.5 Å². The van der Waals surface area contributed by atoms with Crippen LogP contribution < -0.4 is 29.0 Å². The predicted octanol–water partition coefficient (Wildman–Crippen LogP) is 3.44. The quantitative estimate of drug-likeness (QED) is 0.532. The zero-order valence-corrected chi connectivity index (χ0v) is 16.4. The number of methoxy groups -OCH3 is 4. The molecular weight excluding hydrogens is 411 g/mol. The highest BCUT2D eigenvalue weighted by atomic mass is 19.4. The van der Waals surface area contributed by atoms with Gasteiger partial charge in [-0.1, -0.05) is 0 Å². The lowest BCUT2D eigenvalue weighted by atomic mass is 10.2. The van der Waals surface area contributed by atoms with Gasteiger partial charge in [-0.05, 0) is 18.2 Å². The van der Waals surface area contributed by atoms with Crippen molar-refractivity contribution in [2.24, 2.45) is 0 Å². The highest BCUT2D eigenvalue weighted by Gasteiger charge is 2.39. The molecule has 1 N–H and O–H groups in total. The monoisotopic (exact) mass is 429 g/mol. The van der Waals surface area contributed by atoms with E-state index in [1.807, 2.05) is 0 Å². The normalized spacial score (nSPS) is 10.8. The van der Waals surface area contributed by atoms with E-state index in [4.69, 9.17) is 23.7 Å². The van der Waals surface area contributed by atoms with Crippen LogP contribution in [0.5, 0.6) is 28.7 Å². The third kappa shape index (κ3) is 5.04. The number of rotatable bonds is 7. The third-order valence-electron chi connectivity index (χ3n) is 3.79. The van der Waals surface area contributed by atoms with Crippen LogP contribution in [-0.2, 0) is 4.79 Å². The van der Waals surface area contributed by atoms with Gasteiger partial charge in [-0.25, -0.2) is 4.79 Å². The van der Waals surface area contributed by atoms with Crippen LogP contribution in [0.2, 0.25) is 0 Å². The molecule has 0 aromatic heterocycles. The number of anilines is 1. The Morgan fingerprint density at radius 2 is 1.40 bits per heavy atom. The lowest BCUT2D eigenvalue weighted by Crippen LogP contribution is -2.30. The Balaban J connectivity index is 2.33. The average Bonchev–Trinajstić information content (AvgIpc) is 2.71. The maximum absolute atomic E-state index is 12.5. The van der Waals surface area contributed by atoms with Gasteiger partial charge >= 0.3 is 18.1 Å². The second kappa shape index (κ2) is 9.25. The molecule has 2 aromatic rings. The van der Waals surface area contributed by atoms with E-state index in [0.717, 1.165) is 6.07 Å². The summed E-state index contributed by atoms with van der Waals surface area (Å²) in [4.78, 5) is 23.7. The number of hydrogen-bond acceptors (Lipinski definition) is 7. The van der Waals surface area contributed by atoms with Crippen LogP contribution in [0.3, 0.4) is 0 Å². The molecule has 0 aliphatic heterocycles. The minimum absolute atomic E-state index is 0.0335.